The average Bonchev–Trinajstić information content (AvgIpc) is 3.30. The third-order valence-electron chi connectivity index (χ3n) is 5.40. The Morgan fingerprint density at radius 1 is 1.07 bits per heavy atom. The number of quaternary nitrogens is 1. The van der Waals surface area contributed by atoms with E-state index < -0.39 is 0 Å². The summed E-state index contributed by atoms with van der Waals surface area (Å²) in [4.78, 5) is 10.8. The highest BCUT2D eigenvalue weighted by Crippen LogP contribution is 2.34. The number of thioether (sulfide) groups is 1. The Morgan fingerprint density at radius 2 is 1.93 bits per heavy atom. The van der Waals surface area contributed by atoms with E-state index in [1.54, 1.807) is 0 Å². The van der Waals surface area contributed by atoms with E-state index in [9.17, 15) is 0 Å². The van der Waals surface area contributed by atoms with Crippen LogP contribution in [0.4, 0.5) is 5.69 Å². The molecule has 6 heteroatoms. The molecule has 1 unspecified atom stereocenters. The van der Waals surface area contributed by atoms with Crippen LogP contribution in [0.2, 0.25) is 0 Å². The number of pyridine rings is 2. The van der Waals surface area contributed by atoms with Crippen molar-refractivity contribution >= 4 is 34.6 Å². The third kappa shape index (κ3) is 3.44. The molecule has 0 fully saturated rings. The zero-order valence-corrected chi connectivity index (χ0v) is 18.1. The van der Waals surface area contributed by atoms with Crippen molar-refractivity contribution < 1.29 is 14.0 Å². The second-order valence-corrected chi connectivity index (χ2v) is 8.65. The van der Waals surface area contributed by atoms with Crippen LogP contribution >= 0.6 is 11.8 Å². The number of aryl methyl sites for hydroxylation is 2. The van der Waals surface area contributed by atoms with Crippen molar-refractivity contribution in [3.63, 3.8) is 0 Å². The van der Waals surface area contributed by atoms with Gasteiger partial charge in [-0.15, -0.1) is 0 Å². The average molecular weight is 415 g/mol. The van der Waals surface area contributed by atoms with Crippen LogP contribution in [0, 0.1) is 0 Å². The van der Waals surface area contributed by atoms with Crippen LogP contribution in [0.3, 0.4) is 0 Å². The molecule has 5 rings (SSSR count). The lowest BCUT2D eigenvalue weighted by molar-refractivity contribution is -0.755. The van der Waals surface area contributed by atoms with E-state index in [4.69, 9.17) is 4.98 Å². The van der Waals surface area contributed by atoms with Crippen LogP contribution in [0.5, 0.6) is 0 Å². The number of aromatic nitrogens is 4. The molecule has 2 N–H and O–H groups in total. The van der Waals surface area contributed by atoms with Crippen molar-refractivity contribution in [3.8, 4) is 11.4 Å². The minimum Gasteiger partial charge on any atom is -0.333 e. The first-order valence-corrected chi connectivity index (χ1v) is 10.7. The smallest absolute Gasteiger partial charge is 0.204 e. The standard InChI is InChI=1S/C24H22N5S/c1-27-14-13-19-20(16-27)26-24(25-19)17-11-12-18(28(2)15-17)7-6-10-23-29(3)21-8-4-5-9-22(21)30-23/h4-16H,1-3H3/q+1/p+2. The molecular weight excluding hydrogens is 390 g/mol. The number of aromatic amines is 1. The molecule has 0 spiro atoms. The Bertz CT molecular complexity index is 1320. The molecule has 30 heavy (non-hydrogen) atoms. The Balaban J connectivity index is 1.37. The van der Waals surface area contributed by atoms with E-state index in [2.05, 4.69) is 90.7 Å². The summed E-state index contributed by atoms with van der Waals surface area (Å²) in [5.41, 5.74) is 5.56. The first kappa shape index (κ1) is 18.8. The van der Waals surface area contributed by atoms with E-state index in [1.807, 2.05) is 35.6 Å². The van der Waals surface area contributed by atoms with Gasteiger partial charge in [-0.25, -0.2) is 14.1 Å². The number of para-hydroxylation sites is 1. The van der Waals surface area contributed by atoms with Gasteiger partial charge < -0.3 is 4.98 Å². The fourth-order valence-corrected chi connectivity index (χ4v) is 4.84. The molecule has 4 aromatic rings. The van der Waals surface area contributed by atoms with Crippen molar-refractivity contribution in [2.24, 2.45) is 14.1 Å². The summed E-state index contributed by atoms with van der Waals surface area (Å²) in [6.45, 7) is 0. The van der Waals surface area contributed by atoms with Crippen LogP contribution in [-0.4, -0.2) is 17.0 Å². The molecule has 0 saturated heterocycles. The summed E-state index contributed by atoms with van der Waals surface area (Å²) < 4.78 is 4.15. The number of imidazole rings is 1. The van der Waals surface area contributed by atoms with E-state index in [0.29, 0.717) is 0 Å². The predicted octanol–water partition coefficient (Wildman–Crippen LogP) is 2.69. The zero-order chi connectivity index (χ0) is 20.7. The first-order chi connectivity index (χ1) is 14.6. The lowest BCUT2D eigenvalue weighted by Crippen LogP contribution is -3.00. The van der Waals surface area contributed by atoms with Crippen molar-refractivity contribution in [1.29, 1.82) is 0 Å². The second kappa shape index (κ2) is 7.55. The van der Waals surface area contributed by atoms with Gasteiger partial charge in [0, 0.05) is 30.4 Å². The number of nitrogens with zero attached hydrogens (tertiary/aromatic N) is 3. The number of allylic oxidation sites excluding steroid dienone is 2. The van der Waals surface area contributed by atoms with E-state index >= 15 is 0 Å². The first-order valence-electron chi connectivity index (χ1n) is 9.93. The fourth-order valence-electron chi connectivity index (χ4n) is 3.72. The van der Waals surface area contributed by atoms with Gasteiger partial charge in [0.1, 0.15) is 31.0 Å². The SMILES string of the molecule is C[n+]1ccc2nc(-c3ccc(/C=C/C=C4/Sc5ccccc5[NH+]4C)[n+](C)c3)[nH]c2c1. The van der Waals surface area contributed by atoms with Crippen LogP contribution in [0.25, 0.3) is 28.5 Å². The number of fused-ring (bicyclic) bond motifs is 2. The highest BCUT2D eigenvalue weighted by atomic mass is 32.2. The Morgan fingerprint density at radius 3 is 2.77 bits per heavy atom. The van der Waals surface area contributed by atoms with Crippen LogP contribution in [0.1, 0.15) is 5.69 Å². The van der Waals surface area contributed by atoms with Crippen molar-refractivity contribution in [2.75, 3.05) is 7.05 Å². The minimum atomic E-state index is 0.884. The molecule has 1 aliphatic heterocycles. The van der Waals surface area contributed by atoms with Crippen LogP contribution in [-0.2, 0) is 14.1 Å². The molecule has 0 aliphatic carbocycles. The maximum absolute atomic E-state index is 4.72. The van der Waals surface area contributed by atoms with Gasteiger partial charge in [-0.1, -0.05) is 12.1 Å². The van der Waals surface area contributed by atoms with Gasteiger partial charge in [0.15, 0.2) is 29.3 Å². The molecule has 1 aromatic carbocycles. The van der Waals surface area contributed by atoms with Crippen LogP contribution in [0.15, 0.2) is 83.1 Å². The number of benzene rings is 1. The number of hydrogen-bond acceptors (Lipinski definition) is 2. The molecule has 4 heterocycles. The molecule has 0 amide bonds. The van der Waals surface area contributed by atoms with E-state index in [-0.39, 0.29) is 0 Å². The van der Waals surface area contributed by atoms with Gasteiger partial charge in [0.25, 0.3) is 0 Å². The Hall–Kier alpha value is -3.22. The molecule has 1 atom stereocenters. The lowest BCUT2D eigenvalue weighted by atomic mass is 10.2. The second-order valence-electron chi connectivity index (χ2n) is 7.56. The number of rotatable bonds is 3. The number of nitrogens with one attached hydrogen (secondary N) is 2. The highest BCUT2D eigenvalue weighted by Gasteiger charge is 2.26. The summed E-state index contributed by atoms with van der Waals surface area (Å²) >= 11 is 1.84. The summed E-state index contributed by atoms with van der Waals surface area (Å²) in [6, 6.07) is 14.8. The number of hydrogen-bond donors (Lipinski definition) is 2. The maximum Gasteiger partial charge on any atom is 0.204 e. The highest BCUT2D eigenvalue weighted by molar-refractivity contribution is 8.03. The number of H-pyrrole nitrogens is 1. The minimum absolute atomic E-state index is 0.884. The normalized spacial score (nSPS) is 17.3. The molecule has 0 radical (unpaired) electrons. The van der Waals surface area contributed by atoms with Crippen molar-refractivity contribution in [1.82, 2.24) is 9.97 Å². The maximum atomic E-state index is 4.72. The molecule has 1 aliphatic rings. The summed E-state index contributed by atoms with van der Waals surface area (Å²) in [5, 5.41) is 1.31. The molecular formula is C24H24N5S+3. The van der Waals surface area contributed by atoms with Gasteiger partial charge in [0.2, 0.25) is 5.69 Å². The lowest BCUT2D eigenvalue weighted by Gasteiger charge is -2.05. The predicted molar refractivity (Wildman–Crippen MR) is 120 cm³/mol. The topological polar surface area (TPSA) is 40.9 Å². The Labute approximate surface area is 180 Å². The Kier molecular flexibility index (Phi) is 4.73. The zero-order valence-electron chi connectivity index (χ0n) is 17.3. The van der Waals surface area contributed by atoms with E-state index in [0.717, 1.165) is 28.1 Å². The largest absolute Gasteiger partial charge is 0.333 e. The van der Waals surface area contributed by atoms with Gasteiger partial charge in [-0.2, -0.15) is 0 Å². The third-order valence-corrected chi connectivity index (χ3v) is 6.64. The van der Waals surface area contributed by atoms with Crippen molar-refractivity contribution in [3.05, 3.63) is 83.9 Å². The molecule has 148 valence electrons. The van der Waals surface area contributed by atoms with Gasteiger partial charge in [-0.3, -0.25) is 4.90 Å². The van der Waals surface area contributed by atoms with Gasteiger partial charge in [0.05, 0.1) is 17.5 Å². The summed E-state index contributed by atoms with van der Waals surface area (Å²) in [7, 11) is 6.27. The molecule has 0 bridgehead atoms. The fraction of sp³-hybridized carbons (Fsp3) is 0.125. The molecule has 0 saturated carbocycles. The van der Waals surface area contributed by atoms with Crippen LogP contribution < -0.4 is 14.0 Å². The monoisotopic (exact) mass is 414 g/mol. The molecule has 3 aromatic heterocycles. The summed E-state index contributed by atoms with van der Waals surface area (Å²) in [5.74, 6) is 0.884. The van der Waals surface area contributed by atoms with Crippen molar-refractivity contribution in [2.45, 2.75) is 4.90 Å². The van der Waals surface area contributed by atoms with E-state index in [1.165, 1.54) is 20.5 Å². The summed E-state index contributed by atoms with van der Waals surface area (Å²) in [6.07, 6.45) is 12.7. The molecule has 5 nitrogen and oxygen atoms in total. The quantitative estimate of drug-likeness (QED) is 0.506. The van der Waals surface area contributed by atoms with Gasteiger partial charge in [-0.05, 0) is 30.0 Å². The van der Waals surface area contributed by atoms with Gasteiger partial charge >= 0.3 is 0 Å².